The van der Waals surface area contributed by atoms with Gasteiger partial charge in [0.2, 0.25) is 0 Å². The van der Waals surface area contributed by atoms with Crippen molar-refractivity contribution < 1.29 is 0 Å². The van der Waals surface area contributed by atoms with Gasteiger partial charge in [-0.25, -0.2) is 0 Å². The number of nitrogens with zero attached hydrogens (tertiary/aromatic N) is 4. The highest BCUT2D eigenvalue weighted by Crippen LogP contribution is 2.44. The maximum absolute atomic E-state index is 5.05. The van der Waals surface area contributed by atoms with Crippen LogP contribution in [0.3, 0.4) is 0 Å². The summed E-state index contributed by atoms with van der Waals surface area (Å²) >= 11 is 3.77. The lowest BCUT2D eigenvalue weighted by Crippen LogP contribution is -2.09. The molecule has 4 nitrogen and oxygen atoms in total. The highest BCUT2D eigenvalue weighted by molar-refractivity contribution is 7.19. The average molecular weight is 1030 g/mol. The minimum absolute atomic E-state index is 0.882. The molecule has 76 heavy (non-hydrogen) atoms. The largest absolute Gasteiger partial charge is 0.311 e. The van der Waals surface area contributed by atoms with Crippen LogP contribution in [-0.4, -0.2) is 9.97 Å². The number of anilines is 6. The second-order valence-electron chi connectivity index (χ2n) is 19.9. The Morgan fingerprint density at radius 3 is 0.934 bits per heavy atom. The topological polar surface area (TPSA) is 32.3 Å². The van der Waals surface area contributed by atoms with Gasteiger partial charge in [-0.2, -0.15) is 0 Å². The minimum Gasteiger partial charge on any atom is -0.311 e. The van der Waals surface area contributed by atoms with Gasteiger partial charge in [-0.05, 0) is 157 Å². The Bertz CT molecular complexity index is 2990. The van der Waals surface area contributed by atoms with Crippen LogP contribution in [0.4, 0.5) is 34.1 Å². The number of para-hydroxylation sites is 4. The van der Waals surface area contributed by atoms with Gasteiger partial charge in [0.15, 0.2) is 0 Å². The zero-order valence-electron chi connectivity index (χ0n) is 44.3. The molecule has 6 heteroatoms. The van der Waals surface area contributed by atoms with Crippen LogP contribution in [0.2, 0.25) is 0 Å². The van der Waals surface area contributed by atoms with E-state index in [-0.39, 0.29) is 0 Å². The Morgan fingerprint density at radius 1 is 0.316 bits per heavy atom. The summed E-state index contributed by atoms with van der Waals surface area (Å²) in [6.07, 6.45) is 21.6. The Kier molecular flexibility index (Phi) is 18.1. The van der Waals surface area contributed by atoms with Crippen molar-refractivity contribution in [1.82, 2.24) is 9.97 Å². The van der Waals surface area contributed by atoms with Crippen LogP contribution in [0.5, 0.6) is 0 Å². The van der Waals surface area contributed by atoms with Crippen molar-refractivity contribution in [3.63, 3.8) is 0 Å². The summed E-state index contributed by atoms with van der Waals surface area (Å²) in [6.45, 7) is 4.58. The second-order valence-corrected chi connectivity index (χ2v) is 22.0. The predicted octanol–water partition coefficient (Wildman–Crippen LogP) is 21.7. The van der Waals surface area contributed by atoms with Crippen molar-refractivity contribution in [2.24, 2.45) is 0 Å². The summed E-state index contributed by atoms with van der Waals surface area (Å²) in [7, 11) is 0. The maximum Gasteiger partial charge on any atom is 0.0886 e. The van der Waals surface area contributed by atoms with Crippen LogP contribution < -0.4 is 9.80 Å². The predicted molar refractivity (Wildman–Crippen MR) is 328 cm³/mol. The van der Waals surface area contributed by atoms with Crippen molar-refractivity contribution in [2.45, 2.75) is 104 Å². The van der Waals surface area contributed by atoms with Gasteiger partial charge in [0.05, 0.1) is 11.4 Å². The van der Waals surface area contributed by atoms with E-state index in [1.807, 2.05) is 35.1 Å². The fourth-order valence-corrected chi connectivity index (χ4v) is 12.7. The SMILES string of the molecule is CCCCCCCCc1cc(-c2ccc(-c3ccc(-c4cc(CCCCCCCC)c(-c5ccc(N(c6ccccc6)c6ccccc6)cc5)s4)cn3)nc2)sc1-c1ccc(N(c2ccccc2)c2ccccc2)cc1. The first kappa shape index (κ1) is 52.1. The van der Waals surface area contributed by atoms with Gasteiger partial charge in [0.1, 0.15) is 0 Å². The number of hydrogen-bond acceptors (Lipinski definition) is 6. The molecule has 0 amide bonds. The zero-order chi connectivity index (χ0) is 51.7. The van der Waals surface area contributed by atoms with Crippen LogP contribution >= 0.6 is 22.7 Å². The Labute approximate surface area is 460 Å². The molecule has 0 spiro atoms. The molecule has 4 aromatic heterocycles. The molecule has 0 bridgehead atoms. The molecule has 0 aliphatic heterocycles. The molecule has 0 N–H and O–H groups in total. The normalized spacial score (nSPS) is 11.2. The number of aryl methyl sites for hydroxylation is 2. The monoisotopic (exact) mass is 1030 g/mol. The molecule has 6 aromatic carbocycles. The standard InChI is InChI=1S/C70H70N4S2/c1-3-5-7-9-11-17-27-55-49-67(75-69(55)53-37-43-63(44-38-53)73(59-29-19-13-20-30-59)60-31-21-14-22-32-60)57-41-47-65(71-51-57)66-48-42-58(52-72-66)68-50-56(28-18-12-10-8-6-4-2)70(76-68)54-39-45-64(46-40-54)74(61-33-23-15-24-34-61)62-35-25-16-26-36-62/h13-16,19-26,29-52H,3-12,17-18,27-28H2,1-2H3. The smallest absolute Gasteiger partial charge is 0.0886 e. The number of hydrogen-bond donors (Lipinski definition) is 0. The number of pyridine rings is 2. The fourth-order valence-electron chi connectivity index (χ4n) is 10.3. The first-order valence-electron chi connectivity index (χ1n) is 27.8. The highest BCUT2D eigenvalue weighted by Gasteiger charge is 2.19. The Morgan fingerprint density at radius 2 is 0.618 bits per heavy atom. The molecule has 382 valence electrons. The van der Waals surface area contributed by atoms with Gasteiger partial charge in [-0.15, -0.1) is 22.7 Å². The highest BCUT2D eigenvalue weighted by atomic mass is 32.1. The van der Waals surface area contributed by atoms with Crippen LogP contribution in [0.1, 0.15) is 102 Å². The van der Waals surface area contributed by atoms with Gasteiger partial charge < -0.3 is 9.80 Å². The molecule has 10 aromatic rings. The van der Waals surface area contributed by atoms with E-state index in [4.69, 9.17) is 9.97 Å². The van der Waals surface area contributed by atoms with Crippen LogP contribution in [0.25, 0.3) is 53.2 Å². The van der Waals surface area contributed by atoms with E-state index < -0.39 is 0 Å². The van der Waals surface area contributed by atoms with Crippen molar-refractivity contribution in [3.05, 3.63) is 230 Å². The molecule has 0 aliphatic carbocycles. The lowest BCUT2D eigenvalue weighted by Gasteiger charge is -2.25. The molecule has 0 fully saturated rings. The fraction of sp³-hybridized carbons (Fsp3) is 0.229. The zero-order valence-corrected chi connectivity index (χ0v) is 45.9. The molecular weight excluding hydrogens is 961 g/mol. The molecule has 10 rings (SSSR count). The summed E-state index contributed by atoms with van der Waals surface area (Å²) in [4.78, 5) is 20.0. The first-order chi connectivity index (χ1) is 37.6. The molecule has 0 aliphatic rings. The summed E-state index contributed by atoms with van der Waals surface area (Å²) < 4.78 is 0. The van der Waals surface area contributed by atoms with Gasteiger partial charge in [-0.1, -0.05) is 175 Å². The van der Waals surface area contributed by atoms with Gasteiger partial charge in [-0.3, -0.25) is 9.97 Å². The number of thiophene rings is 2. The molecular formula is C70H70N4S2. The van der Waals surface area contributed by atoms with Gasteiger partial charge >= 0.3 is 0 Å². The average Bonchev–Trinajstić information content (AvgIpc) is 4.14. The molecule has 0 atom stereocenters. The van der Waals surface area contributed by atoms with E-state index in [0.717, 1.165) is 69.5 Å². The van der Waals surface area contributed by atoms with Crippen LogP contribution in [0, 0.1) is 0 Å². The molecule has 0 radical (unpaired) electrons. The number of unbranched alkanes of at least 4 members (excludes halogenated alkanes) is 10. The summed E-state index contributed by atoms with van der Waals surface area (Å²) in [5.41, 5.74) is 16.3. The summed E-state index contributed by atoms with van der Waals surface area (Å²) in [6, 6.07) is 74.5. The summed E-state index contributed by atoms with van der Waals surface area (Å²) in [5.74, 6) is 0. The number of benzene rings is 6. The number of rotatable bonds is 25. The van der Waals surface area contributed by atoms with E-state index in [1.165, 1.54) is 119 Å². The van der Waals surface area contributed by atoms with Crippen LogP contribution in [-0.2, 0) is 12.8 Å². The quantitative estimate of drug-likeness (QED) is 0.0534. The van der Waals surface area contributed by atoms with E-state index in [9.17, 15) is 0 Å². The lowest BCUT2D eigenvalue weighted by molar-refractivity contribution is 0.608. The third kappa shape index (κ3) is 13.0. The third-order valence-electron chi connectivity index (χ3n) is 14.4. The maximum atomic E-state index is 5.05. The van der Waals surface area contributed by atoms with Crippen molar-refractivity contribution >= 4 is 56.8 Å². The van der Waals surface area contributed by atoms with E-state index >= 15 is 0 Å². The third-order valence-corrected chi connectivity index (χ3v) is 17.0. The lowest BCUT2D eigenvalue weighted by atomic mass is 10.0. The van der Waals surface area contributed by atoms with E-state index in [1.54, 1.807) is 0 Å². The molecule has 0 saturated carbocycles. The number of aromatic nitrogens is 2. The first-order valence-corrected chi connectivity index (χ1v) is 29.5. The van der Waals surface area contributed by atoms with E-state index in [0.29, 0.717) is 0 Å². The second kappa shape index (κ2) is 26.4. The van der Waals surface area contributed by atoms with Gasteiger partial charge in [0, 0.05) is 77.2 Å². The van der Waals surface area contributed by atoms with Crippen molar-refractivity contribution in [1.29, 1.82) is 0 Å². The van der Waals surface area contributed by atoms with Crippen molar-refractivity contribution in [2.75, 3.05) is 9.80 Å². The Balaban J connectivity index is 0.883. The minimum atomic E-state index is 0.882. The van der Waals surface area contributed by atoms with Gasteiger partial charge in [0.25, 0.3) is 0 Å². The van der Waals surface area contributed by atoms with E-state index in [2.05, 4.69) is 230 Å². The molecule has 0 saturated heterocycles. The Hall–Kier alpha value is -7.38. The molecule has 4 heterocycles. The molecule has 0 unspecified atom stereocenters. The van der Waals surface area contributed by atoms with Crippen LogP contribution in [0.15, 0.2) is 219 Å². The van der Waals surface area contributed by atoms with Crippen molar-refractivity contribution in [3.8, 4) is 53.2 Å². The summed E-state index contributed by atoms with van der Waals surface area (Å²) in [5, 5.41) is 0.